The molecule has 0 radical (unpaired) electrons. The fourth-order valence-corrected chi connectivity index (χ4v) is 1.43. The largest absolute Gasteiger partial charge is 0.475 e. The molecule has 7 nitrogen and oxygen atoms in total. The Hall–Kier alpha value is -1.41. The van der Waals surface area contributed by atoms with Gasteiger partial charge in [-0.2, -0.15) is 4.98 Å². The van der Waals surface area contributed by atoms with Crippen molar-refractivity contribution in [2.75, 3.05) is 17.6 Å². The minimum Gasteiger partial charge on any atom is -0.475 e. The van der Waals surface area contributed by atoms with Gasteiger partial charge in [0.05, 0.1) is 11.9 Å². The van der Waals surface area contributed by atoms with Gasteiger partial charge in [-0.05, 0) is 13.8 Å². The van der Waals surface area contributed by atoms with Crippen LogP contribution < -0.4 is 15.2 Å². The summed E-state index contributed by atoms with van der Waals surface area (Å²) in [5, 5.41) is 7.62. The molecule has 1 heterocycles. The maximum Gasteiger partial charge on any atom is 0.225 e. The van der Waals surface area contributed by atoms with Gasteiger partial charge >= 0.3 is 0 Å². The van der Waals surface area contributed by atoms with Gasteiger partial charge in [0.25, 0.3) is 0 Å². The molecule has 96 valence electrons. The van der Waals surface area contributed by atoms with Crippen molar-refractivity contribution in [2.24, 2.45) is 5.14 Å². The zero-order chi connectivity index (χ0) is 12.9. The van der Waals surface area contributed by atoms with E-state index in [1.807, 2.05) is 13.8 Å². The second kappa shape index (κ2) is 5.78. The van der Waals surface area contributed by atoms with Crippen LogP contribution in [0.1, 0.15) is 13.8 Å². The van der Waals surface area contributed by atoms with E-state index < -0.39 is 10.0 Å². The summed E-state index contributed by atoms with van der Waals surface area (Å²) in [6, 6.07) is 1.63. The first-order valence-electron chi connectivity index (χ1n) is 5.11. The van der Waals surface area contributed by atoms with E-state index in [-0.39, 0.29) is 18.4 Å². The van der Waals surface area contributed by atoms with Gasteiger partial charge in [-0.1, -0.05) is 0 Å². The SMILES string of the molecule is CC(C)Oc1ccnc(NCCS(N)(=O)=O)n1. The van der Waals surface area contributed by atoms with Crippen LogP contribution in [0.4, 0.5) is 5.95 Å². The Morgan fingerprint density at radius 2 is 2.24 bits per heavy atom. The first-order chi connectivity index (χ1) is 7.87. The van der Waals surface area contributed by atoms with Crippen molar-refractivity contribution in [3.05, 3.63) is 12.3 Å². The molecule has 0 aliphatic heterocycles. The fourth-order valence-electron chi connectivity index (χ4n) is 1.04. The van der Waals surface area contributed by atoms with Crippen molar-refractivity contribution in [1.82, 2.24) is 9.97 Å². The third-order valence-corrected chi connectivity index (χ3v) is 2.43. The zero-order valence-electron chi connectivity index (χ0n) is 9.75. The van der Waals surface area contributed by atoms with Crippen LogP contribution in [0.25, 0.3) is 0 Å². The summed E-state index contributed by atoms with van der Waals surface area (Å²) in [5.74, 6) is 0.575. The van der Waals surface area contributed by atoms with Gasteiger partial charge in [-0.3, -0.25) is 0 Å². The van der Waals surface area contributed by atoms with Crippen molar-refractivity contribution in [2.45, 2.75) is 20.0 Å². The number of ether oxygens (including phenoxy) is 1. The number of aromatic nitrogens is 2. The summed E-state index contributed by atoms with van der Waals surface area (Å²) in [4.78, 5) is 7.98. The molecule has 0 aromatic carbocycles. The normalized spacial score (nSPS) is 11.5. The number of hydrogen-bond acceptors (Lipinski definition) is 6. The van der Waals surface area contributed by atoms with E-state index in [9.17, 15) is 8.42 Å². The minimum atomic E-state index is -3.47. The summed E-state index contributed by atoms with van der Waals surface area (Å²) in [6.45, 7) is 3.93. The fraction of sp³-hybridized carbons (Fsp3) is 0.556. The average Bonchev–Trinajstić information content (AvgIpc) is 2.15. The van der Waals surface area contributed by atoms with Gasteiger partial charge in [0.2, 0.25) is 21.9 Å². The molecule has 0 amide bonds. The number of nitrogens with one attached hydrogen (secondary N) is 1. The van der Waals surface area contributed by atoms with E-state index in [0.29, 0.717) is 11.8 Å². The maximum atomic E-state index is 10.7. The topological polar surface area (TPSA) is 107 Å². The first-order valence-corrected chi connectivity index (χ1v) is 6.82. The Bertz CT molecular complexity index is 461. The Kier molecular flexibility index (Phi) is 4.64. The number of anilines is 1. The van der Waals surface area contributed by atoms with Gasteiger partial charge in [0.15, 0.2) is 0 Å². The Morgan fingerprint density at radius 1 is 1.53 bits per heavy atom. The van der Waals surface area contributed by atoms with Crippen molar-refractivity contribution in [3.63, 3.8) is 0 Å². The van der Waals surface area contributed by atoms with Crippen LogP contribution in [-0.4, -0.2) is 36.8 Å². The second-order valence-electron chi connectivity index (χ2n) is 3.68. The lowest BCUT2D eigenvalue weighted by Gasteiger charge is -2.09. The molecule has 3 N–H and O–H groups in total. The van der Waals surface area contributed by atoms with Crippen molar-refractivity contribution in [1.29, 1.82) is 0 Å². The lowest BCUT2D eigenvalue weighted by molar-refractivity contribution is 0.232. The molecule has 8 heteroatoms. The molecule has 1 aromatic heterocycles. The summed E-state index contributed by atoms with van der Waals surface area (Å²) >= 11 is 0. The standard InChI is InChI=1S/C9H16N4O3S/c1-7(2)16-8-3-4-11-9(13-8)12-5-6-17(10,14)15/h3-4,7H,5-6H2,1-2H3,(H2,10,14,15)(H,11,12,13). The van der Waals surface area contributed by atoms with Gasteiger partial charge in [0, 0.05) is 18.8 Å². The van der Waals surface area contributed by atoms with Gasteiger partial charge in [-0.25, -0.2) is 18.5 Å². The van der Waals surface area contributed by atoms with Gasteiger partial charge < -0.3 is 10.1 Å². The highest BCUT2D eigenvalue weighted by molar-refractivity contribution is 7.89. The third-order valence-electron chi connectivity index (χ3n) is 1.66. The molecule has 1 aromatic rings. The second-order valence-corrected chi connectivity index (χ2v) is 5.41. The number of nitrogens with two attached hydrogens (primary N) is 1. The quantitative estimate of drug-likeness (QED) is 0.743. The van der Waals surface area contributed by atoms with Gasteiger partial charge in [-0.15, -0.1) is 0 Å². The minimum absolute atomic E-state index is 0.0159. The molecule has 0 atom stereocenters. The zero-order valence-corrected chi connectivity index (χ0v) is 10.6. The predicted molar refractivity (Wildman–Crippen MR) is 64.3 cm³/mol. The highest BCUT2D eigenvalue weighted by atomic mass is 32.2. The van der Waals surface area contributed by atoms with Crippen LogP contribution >= 0.6 is 0 Å². The number of sulfonamides is 1. The van der Waals surface area contributed by atoms with E-state index in [1.165, 1.54) is 6.20 Å². The number of hydrogen-bond donors (Lipinski definition) is 2. The summed E-state index contributed by atoms with van der Waals surface area (Å²) in [7, 11) is -3.47. The van der Waals surface area contributed by atoms with Crippen LogP contribution in [-0.2, 0) is 10.0 Å². The monoisotopic (exact) mass is 260 g/mol. The molecule has 0 unspecified atom stereocenters. The number of rotatable bonds is 6. The third kappa shape index (κ3) is 6.03. The predicted octanol–water partition coefficient (Wildman–Crippen LogP) is -0.0358. The highest BCUT2D eigenvalue weighted by Crippen LogP contribution is 2.09. The molecule has 1 rings (SSSR count). The molecule has 0 aliphatic rings. The Balaban J connectivity index is 2.54. The van der Waals surface area contributed by atoms with Gasteiger partial charge in [0.1, 0.15) is 0 Å². The first kappa shape index (κ1) is 13.7. The molecule has 0 saturated carbocycles. The molecule has 0 saturated heterocycles. The molecular formula is C9H16N4O3S. The number of primary sulfonamides is 1. The van der Waals surface area contributed by atoms with E-state index in [2.05, 4.69) is 15.3 Å². The summed E-state index contributed by atoms with van der Waals surface area (Å²) in [5.41, 5.74) is 0. The van der Waals surface area contributed by atoms with E-state index in [1.54, 1.807) is 6.07 Å². The van der Waals surface area contributed by atoms with Crippen molar-refractivity contribution < 1.29 is 13.2 Å². The molecule has 0 spiro atoms. The lowest BCUT2D eigenvalue weighted by Crippen LogP contribution is -2.23. The smallest absolute Gasteiger partial charge is 0.225 e. The lowest BCUT2D eigenvalue weighted by atomic mass is 10.5. The van der Waals surface area contributed by atoms with E-state index in [0.717, 1.165) is 0 Å². The van der Waals surface area contributed by atoms with Crippen LogP contribution in [0.2, 0.25) is 0 Å². The summed E-state index contributed by atoms with van der Waals surface area (Å²) in [6.07, 6.45) is 1.55. The van der Waals surface area contributed by atoms with Crippen molar-refractivity contribution >= 4 is 16.0 Å². The molecule has 0 bridgehead atoms. The maximum absolute atomic E-state index is 10.7. The molecular weight excluding hydrogens is 244 g/mol. The van der Waals surface area contributed by atoms with Crippen LogP contribution in [0.5, 0.6) is 5.88 Å². The van der Waals surface area contributed by atoms with E-state index in [4.69, 9.17) is 9.88 Å². The molecule has 0 fully saturated rings. The Morgan fingerprint density at radius 3 is 2.82 bits per heavy atom. The number of nitrogens with zero attached hydrogens (tertiary/aromatic N) is 2. The van der Waals surface area contributed by atoms with Crippen LogP contribution in [0.15, 0.2) is 12.3 Å². The molecule has 0 aliphatic carbocycles. The Labute approximate surface area is 100 Å². The summed E-state index contributed by atoms with van der Waals surface area (Å²) < 4.78 is 26.8. The van der Waals surface area contributed by atoms with Crippen LogP contribution in [0.3, 0.4) is 0 Å². The van der Waals surface area contributed by atoms with Crippen molar-refractivity contribution in [3.8, 4) is 5.88 Å². The molecule has 17 heavy (non-hydrogen) atoms. The van der Waals surface area contributed by atoms with E-state index >= 15 is 0 Å². The van der Waals surface area contributed by atoms with Crippen LogP contribution in [0, 0.1) is 0 Å². The average molecular weight is 260 g/mol. The highest BCUT2D eigenvalue weighted by Gasteiger charge is 2.04.